The molecule has 0 N–H and O–H groups in total. The quantitative estimate of drug-likeness (QED) is 0.0778. The summed E-state index contributed by atoms with van der Waals surface area (Å²) in [5, 5.41) is 24.3. The molecular formula is C68H36F4N6. The molecule has 10 heteroatoms. The van der Waals surface area contributed by atoms with E-state index in [1.807, 2.05) is 36.4 Å². The molecule has 0 bridgehead atoms. The highest BCUT2D eigenvalue weighted by Gasteiger charge is 2.28. The van der Waals surface area contributed by atoms with Gasteiger partial charge in [0.15, 0.2) is 11.4 Å². The second kappa shape index (κ2) is 19.7. The highest BCUT2D eigenvalue weighted by Crippen LogP contribution is 2.51. The molecule has 0 amide bonds. The zero-order valence-electron chi connectivity index (χ0n) is 41.0. The summed E-state index contributed by atoms with van der Waals surface area (Å²) in [7, 11) is 0. The molecule has 0 spiro atoms. The molecule has 12 rings (SSSR count). The van der Waals surface area contributed by atoms with E-state index in [9.17, 15) is 10.5 Å². The Kier molecular flexibility index (Phi) is 12.1. The Morgan fingerprint density at radius 1 is 0.333 bits per heavy atom. The summed E-state index contributed by atoms with van der Waals surface area (Å²) in [6, 6.07) is 65.1. The number of para-hydroxylation sites is 2. The molecule has 0 aliphatic carbocycles. The fourth-order valence-corrected chi connectivity index (χ4v) is 10.6. The minimum Gasteiger partial charge on any atom is -0.304 e. The van der Waals surface area contributed by atoms with Crippen LogP contribution >= 0.6 is 0 Å². The van der Waals surface area contributed by atoms with E-state index in [1.165, 1.54) is 34.1 Å². The molecule has 0 aliphatic rings. The van der Waals surface area contributed by atoms with Gasteiger partial charge in [-0.15, -0.1) is 0 Å². The van der Waals surface area contributed by atoms with E-state index < -0.39 is 23.3 Å². The summed E-state index contributed by atoms with van der Waals surface area (Å²) in [5.41, 5.74) is 6.27. The Labute approximate surface area is 446 Å². The number of hydrogen-bond donors (Lipinski definition) is 0. The number of benzene rings is 12. The van der Waals surface area contributed by atoms with Crippen molar-refractivity contribution in [2.45, 2.75) is 0 Å². The van der Waals surface area contributed by atoms with Crippen molar-refractivity contribution in [1.82, 2.24) is 0 Å². The van der Waals surface area contributed by atoms with Crippen molar-refractivity contribution in [3.05, 3.63) is 276 Å². The first kappa shape index (κ1) is 47.9. The summed E-state index contributed by atoms with van der Waals surface area (Å²) in [6.07, 6.45) is 0. The lowest BCUT2D eigenvalue weighted by atomic mass is 9.91. The lowest BCUT2D eigenvalue weighted by Crippen LogP contribution is -2.15. The molecule has 0 saturated carbocycles. The minimum absolute atomic E-state index is 0.0257. The summed E-state index contributed by atoms with van der Waals surface area (Å²) in [6.45, 7) is 15.9. The molecule has 0 fully saturated rings. The van der Waals surface area contributed by atoms with Crippen LogP contribution in [0.2, 0.25) is 0 Å². The van der Waals surface area contributed by atoms with Gasteiger partial charge in [-0.05, 0) is 139 Å². The van der Waals surface area contributed by atoms with Gasteiger partial charge in [0.1, 0.15) is 23.3 Å². The molecule has 0 aromatic heterocycles. The number of nitrogens with zero attached hydrogens (tertiary/aromatic N) is 6. The van der Waals surface area contributed by atoms with Crippen LogP contribution in [-0.4, -0.2) is 0 Å². The highest BCUT2D eigenvalue weighted by atomic mass is 19.1. The maximum Gasteiger partial charge on any atom is 0.194 e. The third kappa shape index (κ3) is 8.12. The van der Waals surface area contributed by atoms with Crippen molar-refractivity contribution in [3.63, 3.8) is 0 Å². The molecule has 78 heavy (non-hydrogen) atoms. The zero-order chi connectivity index (χ0) is 53.6. The van der Waals surface area contributed by atoms with Gasteiger partial charge in [0, 0.05) is 10.8 Å². The number of hydrogen-bond acceptors (Lipinski definition) is 4. The van der Waals surface area contributed by atoms with Crippen LogP contribution in [0.25, 0.3) is 86.5 Å². The molecule has 0 heterocycles. The van der Waals surface area contributed by atoms with E-state index in [0.29, 0.717) is 99.9 Å². The molecule has 0 atom stereocenters. The van der Waals surface area contributed by atoms with Crippen LogP contribution in [0.3, 0.4) is 0 Å². The molecular weight excluding hydrogens is 977 g/mol. The van der Waals surface area contributed by atoms with E-state index >= 15 is 17.6 Å². The van der Waals surface area contributed by atoms with Crippen LogP contribution in [0.5, 0.6) is 0 Å². The summed E-state index contributed by atoms with van der Waals surface area (Å²) in [5.74, 6) is -2.74. The first-order valence-electron chi connectivity index (χ1n) is 24.6. The zero-order valence-corrected chi connectivity index (χ0v) is 41.0. The smallest absolute Gasteiger partial charge is 0.194 e. The van der Waals surface area contributed by atoms with E-state index in [2.05, 4.69) is 21.8 Å². The Bertz CT molecular complexity index is 4090. The fourth-order valence-electron chi connectivity index (χ4n) is 10.6. The van der Waals surface area contributed by atoms with Crippen molar-refractivity contribution in [2.75, 3.05) is 9.80 Å². The maximum atomic E-state index is 17.1. The second-order valence-corrected chi connectivity index (χ2v) is 18.5. The van der Waals surface area contributed by atoms with E-state index in [-0.39, 0.29) is 22.7 Å². The molecule has 6 nitrogen and oxygen atoms in total. The van der Waals surface area contributed by atoms with Crippen molar-refractivity contribution < 1.29 is 17.6 Å². The first-order valence-corrected chi connectivity index (χ1v) is 24.6. The van der Waals surface area contributed by atoms with E-state index in [0.717, 1.165) is 10.8 Å². The third-order valence-corrected chi connectivity index (χ3v) is 14.2. The van der Waals surface area contributed by atoms with Crippen molar-refractivity contribution in [3.8, 4) is 56.6 Å². The summed E-state index contributed by atoms with van der Waals surface area (Å²) in [4.78, 5) is 10.5. The Hall–Kier alpha value is -11.0. The number of halogens is 4. The first-order chi connectivity index (χ1) is 38.2. The molecule has 0 unspecified atom stereocenters. The van der Waals surface area contributed by atoms with Crippen LogP contribution in [0, 0.1) is 59.1 Å². The predicted molar refractivity (Wildman–Crippen MR) is 303 cm³/mol. The van der Waals surface area contributed by atoms with Crippen molar-refractivity contribution in [1.29, 1.82) is 10.5 Å². The average Bonchev–Trinajstić information content (AvgIpc) is 3.48. The van der Waals surface area contributed by atoms with Gasteiger partial charge in [0.2, 0.25) is 0 Å². The van der Waals surface area contributed by atoms with Crippen LogP contribution in [-0.2, 0) is 0 Å². The topological polar surface area (TPSA) is 62.8 Å². The largest absolute Gasteiger partial charge is 0.304 e. The van der Waals surface area contributed by atoms with E-state index in [4.69, 9.17) is 13.1 Å². The van der Waals surface area contributed by atoms with Crippen LogP contribution in [0.1, 0.15) is 11.1 Å². The van der Waals surface area contributed by atoms with Crippen LogP contribution < -0.4 is 9.80 Å². The lowest BCUT2D eigenvalue weighted by molar-refractivity contribution is 0.619. The summed E-state index contributed by atoms with van der Waals surface area (Å²) < 4.78 is 68.3. The average molecular weight is 1010 g/mol. The summed E-state index contributed by atoms with van der Waals surface area (Å²) >= 11 is 0. The second-order valence-electron chi connectivity index (χ2n) is 18.5. The predicted octanol–water partition coefficient (Wildman–Crippen LogP) is 19.6. The van der Waals surface area contributed by atoms with Gasteiger partial charge >= 0.3 is 0 Å². The lowest BCUT2D eigenvalue weighted by Gasteiger charge is -2.30. The van der Waals surface area contributed by atoms with Crippen molar-refractivity contribution >= 4 is 77.8 Å². The fraction of sp³-hybridized carbons (Fsp3) is 0. The van der Waals surface area contributed by atoms with Gasteiger partial charge in [-0.3, -0.25) is 0 Å². The molecule has 12 aromatic rings. The number of nitriles is 2. The monoisotopic (exact) mass is 1010 g/mol. The highest BCUT2D eigenvalue weighted by molar-refractivity contribution is 6.28. The van der Waals surface area contributed by atoms with Gasteiger partial charge < -0.3 is 9.80 Å². The molecule has 366 valence electrons. The maximum absolute atomic E-state index is 17.1. The van der Waals surface area contributed by atoms with Gasteiger partial charge in [0.05, 0.1) is 70.5 Å². The molecule has 12 aromatic carbocycles. The van der Waals surface area contributed by atoms with Gasteiger partial charge in [0.25, 0.3) is 0 Å². The van der Waals surface area contributed by atoms with Gasteiger partial charge in [-0.2, -0.15) is 10.5 Å². The van der Waals surface area contributed by atoms with Crippen LogP contribution in [0.15, 0.2) is 218 Å². The van der Waals surface area contributed by atoms with Gasteiger partial charge in [-0.1, -0.05) is 146 Å². The normalized spacial score (nSPS) is 11.0. The Balaban J connectivity index is 1.14. The standard InChI is InChI=1S/C68H36F4N6/c1-75-59-17-9-7-15-51(59)45-23-31-57(71)65(37-45)77(63-35-43(21-29-55(63)69)49-13-5-3-11-47(49)39-73)61-33-25-41-20-28-54-62(34-26-42-19-27-53(61)67(41)68(42)54)78(64-36-44(22-30-56(64)70)50-14-6-4-12-48(50)40-74)66-38-46(24-32-58(66)72)52-16-8-10-18-60(52)76-2/h3-38H. The third-order valence-electron chi connectivity index (χ3n) is 14.2. The van der Waals surface area contributed by atoms with E-state index in [1.54, 1.807) is 158 Å². The number of anilines is 6. The van der Waals surface area contributed by atoms with Gasteiger partial charge in [-0.25, -0.2) is 27.3 Å². The Morgan fingerprint density at radius 3 is 0.987 bits per heavy atom. The molecule has 0 aliphatic heterocycles. The van der Waals surface area contributed by atoms with Crippen molar-refractivity contribution in [2.24, 2.45) is 0 Å². The molecule has 0 radical (unpaired) electrons. The minimum atomic E-state index is -0.687. The SMILES string of the molecule is [C-]#[N+]c1ccccc1-c1ccc(F)c(N(c2cc(-c3ccccc3C#N)ccc2F)c2ccc3ccc4c(N(c5cc(-c6ccccc6C#N)ccc5F)c5cc(-c6ccccc6[N+]#[C-])ccc5F)ccc5ccc2c3c54)c1. The Morgan fingerprint density at radius 2 is 0.641 bits per heavy atom. The number of rotatable bonds is 10. The molecule has 0 saturated heterocycles. The van der Waals surface area contributed by atoms with Crippen LogP contribution in [0.4, 0.5) is 63.1 Å².